The second-order valence-electron chi connectivity index (χ2n) is 4.61. The molecule has 0 fully saturated rings. The molecule has 0 saturated carbocycles. The Balaban J connectivity index is 1.81. The molecule has 4 heteroatoms. The Morgan fingerprint density at radius 2 is 1.70 bits per heavy atom. The van der Waals surface area contributed by atoms with Gasteiger partial charge in [-0.15, -0.1) is 0 Å². The summed E-state index contributed by atoms with van der Waals surface area (Å²) in [5, 5.41) is 4.35. The van der Waals surface area contributed by atoms with Crippen LogP contribution in [0.2, 0.25) is 0 Å². The Hall–Kier alpha value is -2.88. The molecular weight excluding hydrogens is 248 g/mol. The Labute approximate surface area is 115 Å². The maximum Gasteiger partial charge on any atom is 0.159 e. The molecule has 0 bridgehead atoms. The fourth-order valence-electron chi connectivity index (χ4n) is 2.33. The minimum atomic E-state index is 0.732. The first-order chi connectivity index (χ1) is 9.90. The van der Waals surface area contributed by atoms with Crippen molar-refractivity contribution in [2.45, 2.75) is 0 Å². The summed E-state index contributed by atoms with van der Waals surface area (Å²) in [5.41, 5.74) is 3.75. The lowest BCUT2D eigenvalue weighted by Crippen LogP contribution is -1.94. The van der Waals surface area contributed by atoms with E-state index in [2.05, 4.69) is 20.3 Å². The van der Waals surface area contributed by atoms with Crippen LogP contribution in [0.4, 0.5) is 11.5 Å². The van der Waals surface area contributed by atoms with Gasteiger partial charge in [-0.25, -0.2) is 9.97 Å². The molecule has 2 N–H and O–H groups in total. The van der Waals surface area contributed by atoms with Crippen molar-refractivity contribution >= 4 is 33.6 Å². The minimum absolute atomic E-state index is 0.732. The highest BCUT2D eigenvalue weighted by atomic mass is 15.0. The van der Waals surface area contributed by atoms with E-state index in [4.69, 9.17) is 0 Å². The van der Waals surface area contributed by atoms with Gasteiger partial charge in [0.25, 0.3) is 0 Å². The van der Waals surface area contributed by atoms with E-state index in [0.717, 1.165) is 33.6 Å². The van der Waals surface area contributed by atoms with E-state index >= 15 is 0 Å². The standard InChI is InChI=1S/C16H12N4/c1-2-6-11(7-3-1)18-14-10-17-15-12-8-4-5-9-13(12)19-16(15)20-14/h1-10H,(H2,18,19,20). The molecule has 0 aliphatic heterocycles. The largest absolute Gasteiger partial charge is 0.339 e. The maximum absolute atomic E-state index is 4.58. The van der Waals surface area contributed by atoms with Gasteiger partial charge in [0.2, 0.25) is 0 Å². The molecule has 0 unspecified atom stereocenters. The number of rotatable bonds is 2. The number of nitrogens with zero attached hydrogens (tertiary/aromatic N) is 2. The third-order valence-corrected chi connectivity index (χ3v) is 3.25. The molecule has 0 atom stereocenters. The number of H-pyrrole nitrogens is 1. The third-order valence-electron chi connectivity index (χ3n) is 3.25. The summed E-state index contributed by atoms with van der Waals surface area (Å²) >= 11 is 0. The molecule has 0 amide bonds. The van der Waals surface area contributed by atoms with Gasteiger partial charge in [0.1, 0.15) is 5.52 Å². The number of aromatic amines is 1. The zero-order chi connectivity index (χ0) is 13.4. The van der Waals surface area contributed by atoms with Crippen LogP contribution in [0.1, 0.15) is 0 Å². The topological polar surface area (TPSA) is 53.6 Å². The molecule has 4 nitrogen and oxygen atoms in total. The molecule has 0 radical (unpaired) electrons. The van der Waals surface area contributed by atoms with Crippen molar-refractivity contribution in [2.75, 3.05) is 5.32 Å². The lowest BCUT2D eigenvalue weighted by atomic mass is 10.2. The van der Waals surface area contributed by atoms with Crippen molar-refractivity contribution in [3.63, 3.8) is 0 Å². The first kappa shape index (κ1) is 11.0. The Morgan fingerprint density at radius 3 is 2.60 bits per heavy atom. The fourth-order valence-corrected chi connectivity index (χ4v) is 2.33. The van der Waals surface area contributed by atoms with Crippen molar-refractivity contribution in [1.82, 2.24) is 15.0 Å². The summed E-state index contributed by atoms with van der Waals surface area (Å²) < 4.78 is 0. The van der Waals surface area contributed by atoms with Gasteiger partial charge in [-0.2, -0.15) is 0 Å². The van der Waals surface area contributed by atoms with Crippen molar-refractivity contribution in [1.29, 1.82) is 0 Å². The lowest BCUT2D eigenvalue weighted by molar-refractivity contribution is 1.26. The van der Waals surface area contributed by atoms with E-state index in [9.17, 15) is 0 Å². The van der Waals surface area contributed by atoms with Crippen LogP contribution in [0.25, 0.3) is 22.1 Å². The zero-order valence-corrected chi connectivity index (χ0v) is 10.7. The summed E-state index contributed by atoms with van der Waals surface area (Å²) in [6.45, 7) is 0. The fraction of sp³-hybridized carbons (Fsp3) is 0. The SMILES string of the molecule is c1ccc(Nc2cnc3c(n2)[nH]c2ccccc23)cc1. The smallest absolute Gasteiger partial charge is 0.159 e. The summed E-state index contributed by atoms with van der Waals surface area (Å²) in [6.07, 6.45) is 1.76. The average molecular weight is 260 g/mol. The maximum atomic E-state index is 4.58. The Bertz CT molecular complexity index is 881. The van der Waals surface area contributed by atoms with Crippen LogP contribution in [0, 0.1) is 0 Å². The van der Waals surface area contributed by atoms with E-state index < -0.39 is 0 Å². The number of hydrogen-bond donors (Lipinski definition) is 2. The summed E-state index contributed by atoms with van der Waals surface area (Å²) in [6, 6.07) is 18.0. The predicted octanol–water partition coefficient (Wildman–Crippen LogP) is 3.85. The van der Waals surface area contributed by atoms with Crippen LogP contribution in [0.3, 0.4) is 0 Å². The number of hydrogen-bond acceptors (Lipinski definition) is 3. The van der Waals surface area contributed by atoms with Crippen molar-refractivity contribution < 1.29 is 0 Å². The van der Waals surface area contributed by atoms with Gasteiger partial charge in [0, 0.05) is 16.6 Å². The molecule has 0 saturated heterocycles. The van der Waals surface area contributed by atoms with Gasteiger partial charge < -0.3 is 10.3 Å². The number of aromatic nitrogens is 3. The summed E-state index contributed by atoms with van der Waals surface area (Å²) in [5.74, 6) is 0.732. The number of benzene rings is 2. The van der Waals surface area contributed by atoms with E-state index in [1.54, 1.807) is 6.20 Å². The number of fused-ring (bicyclic) bond motifs is 3. The highest BCUT2D eigenvalue weighted by molar-refractivity contribution is 6.03. The monoisotopic (exact) mass is 260 g/mol. The second kappa shape index (κ2) is 4.35. The first-order valence-corrected chi connectivity index (χ1v) is 6.46. The first-order valence-electron chi connectivity index (χ1n) is 6.46. The highest BCUT2D eigenvalue weighted by Crippen LogP contribution is 2.23. The highest BCUT2D eigenvalue weighted by Gasteiger charge is 2.07. The average Bonchev–Trinajstić information content (AvgIpc) is 2.86. The molecule has 20 heavy (non-hydrogen) atoms. The Kier molecular flexibility index (Phi) is 2.39. The molecule has 96 valence electrons. The lowest BCUT2D eigenvalue weighted by Gasteiger charge is -2.04. The molecule has 2 heterocycles. The summed E-state index contributed by atoms with van der Waals surface area (Å²) in [4.78, 5) is 12.4. The van der Waals surface area contributed by atoms with Gasteiger partial charge in [-0.1, -0.05) is 36.4 Å². The Morgan fingerprint density at radius 1 is 0.900 bits per heavy atom. The van der Waals surface area contributed by atoms with Crippen molar-refractivity contribution in [2.24, 2.45) is 0 Å². The van der Waals surface area contributed by atoms with E-state index in [1.165, 1.54) is 0 Å². The zero-order valence-electron chi connectivity index (χ0n) is 10.7. The molecule has 0 aliphatic carbocycles. The molecule has 0 aliphatic rings. The number of nitrogens with one attached hydrogen (secondary N) is 2. The third kappa shape index (κ3) is 1.78. The van der Waals surface area contributed by atoms with Gasteiger partial charge in [0.15, 0.2) is 11.5 Å². The van der Waals surface area contributed by atoms with E-state index in [1.807, 2.05) is 54.6 Å². The van der Waals surface area contributed by atoms with Crippen LogP contribution in [0.5, 0.6) is 0 Å². The van der Waals surface area contributed by atoms with Crippen LogP contribution >= 0.6 is 0 Å². The van der Waals surface area contributed by atoms with Crippen LogP contribution in [0.15, 0.2) is 60.8 Å². The minimum Gasteiger partial charge on any atom is -0.339 e. The quantitative estimate of drug-likeness (QED) is 0.575. The second-order valence-corrected chi connectivity index (χ2v) is 4.61. The molecule has 0 spiro atoms. The van der Waals surface area contributed by atoms with Crippen LogP contribution in [-0.2, 0) is 0 Å². The molecule has 4 aromatic rings. The van der Waals surface area contributed by atoms with Crippen LogP contribution in [-0.4, -0.2) is 15.0 Å². The van der Waals surface area contributed by atoms with Gasteiger partial charge in [-0.05, 0) is 18.2 Å². The van der Waals surface area contributed by atoms with Gasteiger partial charge in [-0.3, -0.25) is 0 Å². The van der Waals surface area contributed by atoms with Crippen molar-refractivity contribution in [3.05, 3.63) is 60.8 Å². The molecule has 2 aromatic carbocycles. The van der Waals surface area contributed by atoms with Gasteiger partial charge in [0.05, 0.1) is 6.20 Å². The molecule has 2 aromatic heterocycles. The predicted molar refractivity (Wildman–Crippen MR) is 81.1 cm³/mol. The van der Waals surface area contributed by atoms with Gasteiger partial charge >= 0.3 is 0 Å². The number of para-hydroxylation sites is 2. The van der Waals surface area contributed by atoms with E-state index in [0.29, 0.717) is 0 Å². The molecule has 4 rings (SSSR count). The van der Waals surface area contributed by atoms with Crippen LogP contribution < -0.4 is 5.32 Å². The normalized spacial score (nSPS) is 11.0. The van der Waals surface area contributed by atoms with Crippen molar-refractivity contribution in [3.8, 4) is 0 Å². The number of anilines is 2. The van der Waals surface area contributed by atoms with E-state index in [-0.39, 0.29) is 0 Å². The molecular formula is C16H12N4. The summed E-state index contributed by atoms with van der Waals surface area (Å²) in [7, 11) is 0.